The van der Waals surface area contributed by atoms with E-state index in [1.165, 1.54) is 6.07 Å². The van der Waals surface area contributed by atoms with Crippen LogP contribution in [0.3, 0.4) is 0 Å². The van der Waals surface area contributed by atoms with Crippen LogP contribution in [-0.4, -0.2) is 15.7 Å². The predicted octanol–water partition coefficient (Wildman–Crippen LogP) is 3.35. The molecular formula is C15H17ClN4O. The lowest BCUT2D eigenvalue weighted by molar-refractivity contribution is 0.980. The number of anilines is 1. The van der Waals surface area contributed by atoms with Gasteiger partial charge in [0.05, 0.1) is 5.71 Å². The zero-order chi connectivity index (χ0) is 15.2. The van der Waals surface area contributed by atoms with Gasteiger partial charge in [-0.1, -0.05) is 37.1 Å². The third kappa shape index (κ3) is 4.43. The standard InChI is InChI=1S/C15H17ClN4O/c1-3-4-13(11-5-7-12(16)8-6-11)19-20-15-17-10(2)9-14(21)18-15/h5-9H,3-4H2,1-2H3,(H2,17,18,20,21)/b19-13-. The Labute approximate surface area is 128 Å². The Kier molecular flexibility index (Phi) is 5.11. The molecule has 1 aromatic heterocycles. The number of benzene rings is 1. The Hall–Kier alpha value is -2.14. The van der Waals surface area contributed by atoms with E-state index in [9.17, 15) is 4.79 Å². The molecule has 2 rings (SSSR count). The highest BCUT2D eigenvalue weighted by molar-refractivity contribution is 6.30. The molecule has 0 fully saturated rings. The molecule has 0 saturated heterocycles. The minimum absolute atomic E-state index is 0.205. The number of nitrogens with one attached hydrogen (secondary N) is 2. The summed E-state index contributed by atoms with van der Waals surface area (Å²) in [4.78, 5) is 18.2. The minimum Gasteiger partial charge on any atom is -0.291 e. The number of rotatable bonds is 5. The zero-order valence-electron chi connectivity index (χ0n) is 12.0. The van der Waals surface area contributed by atoms with Crippen LogP contribution in [0, 0.1) is 6.92 Å². The van der Waals surface area contributed by atoms with Crippen molar-refractivity contribution in [1.82, 2.24) is 9.97 Å². The molecule has 6 heteroatoms. The van der Waals surface area contributed by atoms with E-state index in [0.29, 0.717) is 16.7 Å². The molecule has 0 aliphatic rings. The first-order chi connectivity index (χ1) is 10.1. The summed E-state index contributed by atoms with van der Waals surface area (Å²) in [6.07, 6.45) is 1.77. The van der Waals surface area contributed by atoms with Crippen LogP contribution in [0.5, 0.6) is 0 Å². The largest absolute Gasteiger partial charge is 0.291 e. The van der Waals surface area contributed by atoms with Gasteiger partial charge in [0.1, 0.15) is 0 Å². The summed E-state index contributed by atoms with van der Waals surface area (Å²) in [5, 5.41) is 5.04. The first kappa shape index (κ1) is 15.3. The first-order valence-electron chi connectivity index (χ1n) is 6.75. The molecule has 0 amide bonds. The molecule has 1 aromatic carbocycles. The number of hydrogen-bond acceptors (Lipinski definition) is 4. The number of halogens is 1. The molecule has 0 atom stereocenters. The quantitative estimate of drug-likeness (QED) is 0.657. The van der Waals surface area contributed by atoms with E-state index in [1.807, 2.05) is 24.3 Å². The molecule has 2 aromatic rings. The van der Waals surface area contributed by atoms with E-state index < -0.39 is 0 Å². The number of aromatic nitrogens is 2. The maximum Gasteiger partial charge on any atom is 0.252 e. The Morgan fingerprint density at radius 3 is 2.71 bits per heavy atom. The van der Waals surface area contributed by atoms with Gasteiger partial charge in [0.2, 0.25) is 5.95 Å². The van der Waals surface area contributed by atoms with Crippen LogP contribution < -0.4 is 11.0 Å². The second-order valence-electron chi connectivity index (χ2n) is 4.66. The van der Waals surface area contributed by atoms with Gasteiger partial charge in [0.15, 0.2) is 0 Å². The third-order valence-corrected chi connectivity index (χ3v) is 3.08. The molecule has 0 aliphatic carbocycles. The SMILES string of the molecule is CCC/C(=N/Nc1nc(C)cc(=O)[nH]1)c1ccc(Cl)cc1. The highest BCUT2D eigenvalue weighted by Gasteiger charge is 2.04. The van der Waals surface area contributed by atoms with E-state index in [1.54, 1.807) is 6.92 Å². The van der Waals surface area contributed by atoms with E-state index in [-0.39, 0.29) is 5.56 Å². The van der Waals surface area contributed by atoms with Gasteiger partial charge in [0.25, 0.3) is 5.56 Å². The van der Waals surface area contributed by atoms with E-state index in [2.05, 4.69) is 27.4 Å². The van der Waals surface area contributed by atoms with Gasteiger partial charge in [-0.05, 0) is 31.0 Å². The fourth-order valence-corrected chi connectivity index (χ4v) is 2.02. The monoisotopic (exact) mass is 304 g/mol. The zero-order valence-corrected chi connectivity index (χ0v) is 12.7. The summed E-state index contributed by atoms with van der Waals surface area (Å²) in [6.45, 7) is 3.84. The van der Waals surface area contributed by atoms with Crippen molar-refractivity contribution in [1.29, 1.82) is 0 Å². The van der Waals surface area contributed by atoms with Crippen molar-refractivity contribution < 1.29 is 0 Å². The number of nitrogens with zero attached hydrogens (tertiary/aromatic N) is 2. The maximum atomic E-state index is 11.4. The topological polar surface area (TPSA) is 70.1 Å². The Morgan fingerprint density at radius 1 is 1.38 bits per heavy atom. The molecule has 1 heterocycles. The summed E-state index contributed by atoms with van der Waals surface area (Å²) >= 11 is 5.90. The molecule has 110 valence electrons. The number of aromatic amines is 1. The van der Waals surface area contributed by atoms with Crippen molar-refractivity contribution in [2.24, 2.45) is 5.10 Å². The van der Waals surface area contributed by atoms with E-state index in [4.69, 9.17) is 11.6 Å². The Morgan fingerprint density at radius 2 is 2.10 bits per heavy atom. The van der Waals surface area contributed by atoms with Crippen molar-refractivity contribution in [2.45, 2.75) is 26.7 Å². The minimum atomic E-state index is -0.205. The number of aryl methyl sites for hydroxylation is 1. The van der Waals surface area contributed by atoms with Crippen LogP contribution >= 0.6 is 11.6 Å². The van der Waals surface area contributed by atoms with Crippen molar-refractivity contribution >= 4 is 23.3 Å². The highest BCUT2D eigenvalue weighted by Crippen LogP contribution is 2.13. The van der Waals surface area contributed by atoms with Gasteiger partial charge >= 0.3 is 0 Å². The van der Waals surface area contributed by atoms with Gasteiger partial charge in [0, 0.05) is 16.8 Å². The Bertz CT molecular complexity index is 692. The molecule has 0 bridgehead atoms. The van der Waals surface area contributed by atoms with Crippen LogP contribution in [0.4, 0.5) is 5.95 Å². The average Bonchev–Trinajstić information content (AvgIpc) is 2.43. The van der Waals surface area contributed by atoms with Crippen LogP contribution in [0.2, 0.25) is 5.02 Å². The molecular weight excluding hydrogens is 288 g/mol. The van der Waals surface area contributed by atoms with Crippen LogP contribution in [0.15, 0.2) is 40.2 Å². The lowest BCUT2D eigenvalue weighted by Gasteiger charge is -2.07. The number of hydrogen-bond donors (Lipinski definition) is 2. The maximum absolute atomic E-state index is 11.4. The highest BCUT2D eigenvalue weighted by atomic mass is 35.5. The fraction of sp³-hybridized carbons (Fsp3) is 0.267. The van der Waals surface area contributed by atoms with Crippen molar-refractivity contribution in [3.8, 4) is 0 Å². The summed E-state index contributed by atoms with van der Waals surface area (Å²) in [5.41, 5.74) is 5.12. The van der Waals surface area contributed by atoms with Gasteiger partial charge in [-0.15, -0.1) is 0 Å². The van der Waals surface area contributed by atoms with Crippen molar-refractivity contribution in [3.63, 3.8) is 0 Å². The van der Waals surface area contributed by atoms with Crippen LogP contribution in [0.25, 0.3) is 0 Å². The summed E-state index contributed by atoms with van der Waals surface area (Å²) in [7, 11) is 0. The fourth-order valence-electron chi connectivity index (χ4n) is 1.90. The van der Waals surface area contributed by atoms with Gasteiger partial charge in [-0.2, -0.15) is 5.10 Å². The number of hydrazone groups is 1. The Balaban J connectivity index is 2.25. The number of H-pyrrole nitrogens is 1. The van der Waals surface area contributed by atoms with E-state index >= 15 is 0 Å². The average molecular weight is 305 g/mol. The molecule has 0 aliphatic heterocycles. The first-order valence-corrected chi connectivity index (χ1v) is 7.12. The molecule has 0 unspecified atom stereocenters. The summed E-state index contributed by atoms with van der Waals surface area (Å²) in [6, 6.07) is 8.93. The smallest absolute Gasteiger partial charge is 0.252 e. The predicted molar refractivity (Wildman–Crippen MR) is 86.1 cm³/mol. The lowest BCUT2D eigenvalue weighted by atomic mass is 10.1. The molecule has 0 saturated carbocycles. The molecule has 2 N–H and O–H groups in total. The molecule has 0 spiro atoms. The van der Waals surface area contributed by atoms with Gasteiger partial charge in [-0.3, -0.25) is 9.78 Å². The van der Waals surface area contributed by atoms with Crippen molar-refractivity contribution in [2.75, 3.05) is 5.43 Å². The van der Waals surface area contributed by atoms with Gasteiger partial charge in [-0.25, -0.2) is 10.4 Å². The van der Waals surface area contributed by atoms with Crippen LogP contribution in [-0.2, 0) is 0 Å². The summed E-state index contributed by atoms with van der Waals surface area (Å²) in [5.74, 6) is 0.336. The van der Waals surface area contributed by atoms with Crippen LogP contribution in [0.1, 0.15) is 31.0 Å². The molecule has 0 radical (unpaired) electrons. The van der Waals surface area contributed by atoms with Crippen molar-refractivity contribution in [3.05, 3.63) is 57.0 Å². The second-order valence-corrected chi connectivity index (χ2v) is 5.10. The second kappa shape index (κ2) is 7.04. The van der Waals surface area contributed by atoms with E-state index in [0.717, 1.165) is 24.1 Å². The third-order valence-electron chi connectivity index (χ3n) is 2.83. The normalized spacial score (nSPS) is 11.5. The van der Waals surface area contributed by atoms with Gasteiger partial charge < -0.3 is 0 Å². The molecule has 5 nitrogen and oxygen atoms in total. The summed E-state index contributed by atoms with van der Waals surface area (Å²) < 4.78 is 0. The molecule has 21 heavy (non-hydrogen) atoms. The lowest BCUT2D eigenvalue weighted by Crippen LogP contribution is -2.12.